The number of rotatable bonds is 1. The van der Waals surface area contributed by atoms with Crippen molar-refractivity contribution in [3.63, 3.8) is 0 Å². The molecular formula is C21H21FN2O. The first-order valence-corrected chi connectivity index (χ1v) is 8.67. The van der Waals surface area contributed by atoms with Crippen molar-refractivity contribution in [3.05, 3.63) is 71.2 Å². The number of fused-ring (bicyclic) bond motifs is 3. The average molecular weight is 336 g/mol. The van der Waals surface area contributed by atoms with E-state index in [1.54, 1.807) is 10.6 Å². The summed E-state index contributed by atoms with van der Waals surface area (Å²) < 4.78 is 15.7. The van der Waals surface area contributed by atoms with Gasteiger partial charge in [0.1, 0.15) is 5.82 Å². The summed E-state index contributed by atoms with van der Waals surface area (Å²) in [5.74, 6) is -0.360. The largest absolute Gasteiger partial charge is 0.325 e. The number of carbonyl (C=O) groups is 1. The van der Waals surface area contributed by atoms with E-state index >= 15 is 0 Å². The van der Waals surface area contributed by atoms with Gasteiger partial charge in [-0.25, -0.2) is 4.39 Å². The molecule has 1 unspecified atom stereocenters. The summed E-state index contributed by atoms with van der Waals surface area (Å²) in [6, 6.07) is 13.9. The fraction of sp³-hybridized carbons (Fsp3) is 0.286. The molecule has 4 rings (SSSR count). The number of halogens is 1. The SMILES string of the molecule is CC1(N)CCCc2c(c3cc(F)ccc3n2C(=O)c2ccccc2)C1. The Morgan fingerprint density at radius 2 is 1.96 bits per heavy atom. The number of carbonyl (C=O) groups excluding carboxylic acids is 1. The second-order valence-corrected chi connectivity index (χ2v) is 7.28. The first kappa shape index (κ1) is 16.0. The van der Waals surface area contributed by atoms with Gasteiger partial charge in [0, 0.05) is 22.2 Å². The molecule has 1 aliphatic rings. The van der Waals surface area contributed by atoms with Crippen LogP contribution in [0, 0.1) is 5.82 Å². The van der Waals surface area contributed by atoms with E-state index in [1.807, 2.05) is 37.3 Å². The Balaban J connectivity index is 1.99. The zero-order valence-electron chi connectivity index (χ0n) is 14.3. The van der Waals surface area contributed by atoms with Gasteiger partial charge in [0.25, 0.3) is 5.91 Å². The van der Waals surface area contributed by atoms with Gasteiger partial charge in [0.2, 0.25) is 0 Å². The molecule has 0 amide bonds. The Kier molecular flexibility index (Phi) is 3.73. The summed E-state index contributed by atoms with van der Waals surface area (Å²) >= 11 is 0. The molecule has 2 aromatic carbocycles. The monoisotopic (exact) mass is 336 g/mol. The molecule has 4 heteroatoms. The highest BCUT2D eigenvalue weighted by Crippen LogP contribution is 2.35. The minimum absolute atomic E-state index is 0.0703. The summed E-state index contributed by atoms with van der Waals surface area (Å²) in [5, 5.41) is 0.804. The Morgan fingerprint density at radius 3 is 2.72 bits per heavy atom. The van der Waals surface area contributed by atoms with Crippen LogP contribution in [-0.2, 0) is 12.8 Å². The highest BCUT2D eigenvalue weighted by molar-refractivity contribution is 6.04. The molecule has 0 saturated carbocycles. The fourth-order valence-corrected chi connectivity index (χ4v) is 3.93. The quantitative estimate of drug-likeness (QED) is 0.681. The van der Waals surface area contributed by atoms with Crippen molar-refractivity contribution in [3.8, 4) is 0 Å². The van der Waals surface area contributed by atoms with Gasteiger partial charge >= 0.3 is 0 Å². The lowest BCUT2D eigenvalue weighted by Gasteiger charge is -2.22. The number of nitrogens with two attached hydrogens (primary N) is 1. The van der Waals surface area contributed by atoms with Crippen LogP contribution in [0.2, 0.25) is 0 Å². The van der Waals surface area contributed by atoms with Crippen LogP contribution in [0.1, 0.15) is 41.4 Å². The maximum absolute atomic E-state index is 13.9. The van der Waals surface area contributed by atoms with Gasteiger partial charge in [-0.05, 0) is 68.5 Å². The third kappa shape index (κ3) is 2.76. The Labute approximate surface area is 146 Å². The lowest BCUT2D eigenvalue weighted by atomic mass is 9.91. The van der Waals surface area contributed by atoms with Crippen LogP contribution in [0.3, 0.4) is 0 Å². The molecule has 1 aromatic heterocycles. The standard InChI is InChI=1S/C21H21FN2O/c1-21(23)11-5-8-18-17(13-21)16-12-15(22)9-10-19(16)24(18)20(25)14-6-3-2-4-7-14/h2-4,6-7,9-10,12H,5,8,11,13,23H2,1H3. The average Bonchev–Trinajstić information content (AvgIpc) is 2.77. The van der Waals surface area contributed by atoms with E-state index in [1.165, 1.54) is 12.1 Å². The van der Waals surface area contributed by atoms with Crippen LogP contribution in [0.5, 0.6) is 0 Å². The van der Waals surface area contributed by atoms with Gasteiger partial charge in [0.15, 0.2) is 0 Å². The Morgan fingerprint density at radius 1 is 1.20 bits per heavy atom. The van der Waals surface area contributed by atoms with E-state index in [-0.39, 0.29) is 17.3 Å². The van der Waals surface area contributed by atoms with Crippen LogP contribution in [-0.4, -0.2) is 16.0 Å². The molecule has 3 nitrogen and oxygen atoms in total. The maximum Gasteiger partial charge on any atom is 0.262 e. The number of hydrogen-bond acceptors (Lipinski definition) is 2. The van der Waals surface area contributed by atoms with Crippen LogP contribution in [0.15, 0.2) is 48.5 Å². The molecule has 0 radical (unpaired) electrons. The lowest BCUT2D eigenvalue weighted by molar-refractivity contribution is 0.0962. The van der Waals surface area contributed by atoms with E-state index in [0.717, 1.165) is 41.4 Å². The van der Waals surface area contributed by atoms with E-state index in [0.29, 0.717) is 12.0 Å². The number of hydrogen-bond donors (Lipinski definition) is 1. The van der Waals surface area contributed by atoms with Crippen molar-refractivity contribution >= 4 is 16.8 Å². The summed E-state index contributed by atoms with van der Waals surface area (Å²) in [4.78, 5) is 13.2. The third-order valence-electron chi connectivity index (χ3n) is 5.11. The minimum atomic E-state index is -0.341. The zero-order chi connectivity index (χ0) is 17.6. The first-order valence-electron chi connectivity index (χ1n) is 8.67. The van der Waals surface area contributed by atoms with Crippen molar-refractivity contribution in [1.29, 1.82) is 0 Å². The van der Waals surface area contributed by atoms with Gasteiger partial charge in [-0.2, -0.15) is 0 Å². The Hall–Kier alpha value is -2.46. The van der Waals surface area contributed by atoms with Gasteiger partial charge < -0.3 is 5.73 Å². The molecule has 0 saturated heterocycles. The van der Waals surface area contributed by atoms with Crippen molar-refractivity contribution in [2.75, 3.05) is 0 Å². The molecule has 0 aliphatic heterocycles. The molecule has 2 N–H and O–H groups in total. The molecule has 3 aromatic rings. The van der Waals surface area contributed by atoms with E-state index in [9.17, 15) is 9.18 Å². The highest BCUT2D eigenvalue weighted by Gasteiger charge is 2.30. The second-order valence-electron chi connectivity index (χ2n) is 7.28. The smallest absolute Gasteiger partial charge is 0.262 e. The van der Waals surface area contributed by atoms with Crippen molar-refractivity contribution in [2.45, 2.75) is 38.1 Å². The van der Waals surface area contributed by atoms with Crippen molar-refractivity contribution in [2.24, 2.45) is 5.73 Å². The normalized spacial score (nSPS) is 20.3. The molecule has 0 fully saturated rings. The second kappa shape index (κ2) is 5.81. The van der Waals surface area contributed by atoms with E-state index < -0.39 is 0 Å². The molecule has 128 valence electrons. The summed E-state index contributed by atoms with van der Waals surface area (Å²) in [7, 11) is 0. The molecule has 0 spiro atoms. The third-order valence-corrected chi connectivity index (χ3v) is 5.11. The van der Waals surface area contributed by atoms with E-state index in [2.05, 4.69) is 0 Å². The fourth-order valence-electron chi connectivity index (χ4n) is 3.93. The van der Waals surface area contributed by atoms with Crippen LogP contribution in [0.4, 0.5) is 4.39 Å². The molecule has 1 aliphatic carbocycles. The minimum Gasteiger partial charge on any atom is -0.325 e. The highest BCUT2D eigenvalue weighted by atomic mass is 19.1. The van der Waals surface area contributed by atoms with Gasteiger partial charge in [-0.1, -0.05) is 18.2 Å². The molecular weight excluding hydrogens is 315 g/mol. The van der Waals surface area contributed by atoms with Crippen molar-refractivity contribution in [1.82, 2.24) is 4.57 Å². The molecule has 1 heterocycles. The molecule has 1 atom stereocenters. The summed E-state index contributed by atoms with van der Waals surface area (Å²) in [5.41, 5.74) is 9.47. The lowest BCUT2D eigenvalue weighted by Crippen LogP contribution is -2.37. The van der Waals surface area contributed by atoms with E-state index in [4.69, 9.17) is 5.73 Å². The topological polar surface area (TPSA) is 48.0 Å². The number of nitrogens with zero attached hydrogens (tertiary/aromatic N) is 1. The Bertz CT molecular complexity index is 957. The summed E-state index contributed by atoms with van der Waals surface area (Å²) in [6.45, 7) is 2.03. The van der Waals surface area contributed by atoms with Crippen LogP contribution >= 0.6 is 0 Å². The molecule has 0 bridgehead atoms. The molecule has 25 heavy (non-hydrogen) atoms. The number of benzene rings is 2. The zero-order valence-corrected chi connectivity index (χ0v) is 14.3. The van der Waals surface area contributed by atoms with Crippen LogP contribution in [0.25, 0.3) is 10.9 Å². The predicted octanol–water partition coefficient (Wildman–Crippen LogP) is 4.07. The van der Waals surface area contributed by atoms with Crippen molar-refractivity contribution < 1.29 is 9.18 Å². The van der Waals surface area contributed by atoms with Gasteiger partial charge in [-0.15, -0.1) is 0 Å². The number of aromatic nitrogens is 1. The maximum atomic E-state index is 13.9. The first-order chi connectivity index (χ1) is 12.0. The van der Waals surface area contributed by atoms with Crippen LogP contribution < -0.4 is 5.73 Å². The summed E-state index contributed by atoms with van der Waals surface area (Å²) in [6.07, 6.45) is 3.23. The predicted molar refractivity (Wildman–Crippen MR) is 97.3 cm³/mol. The van der Waals surface area contributed by atoms with Gasteiger partial charge in [0.05, 0.1) is 5.52 Å². The van der Waals surface area contributed by atoms with Gasteiger partial charge in [-0.3, -0.25) is 9.36 Å².